The first-order chi connectivity index (χ1) is 13.8. The normalized spacial score (nSPS) is 11.2. The number of halogens is 3. The average Bonchev–Trinajstić information content (AvgIpc) is 2.67. The predicted octanol–water partition coefficient (Wildman–Crippen LogP) is 3.65. The van der Waals surface area contributed by atoms with E-state index in [1.807, 2.05) is 5.32 Å². The van der Waals surface area contributed by atoms with Gasteiger partial charge in [0.2, 0.25) is 0 Å². The molecule has 0 heterocycles. The standard InChI is InChI=1S/C21H24F3N3O2/c1-2-3-4-11-25-14-19(28)26-17-9-5-7-15(12-17)20(29)27-18-10-6-8-16(13-18)21(22,23)24/h5-10,12-13,25H,2-4,11,14H2,1H3,(H,26,28)(H,27,29)/p+1. The number of amides is 2. The molecule has 0 aromatic heterocycles. The van der Waals surface area contributed by atoms with Crippen molar-refractivity contribution in [3.63, 3.8) is 0 Å². The fraction of sp³-hybridized carbons (Fsp3) is 0.333. The molecular weight excluding hydrogens is 383 g/mol. The Morgan fingerprint density at radius 2 is 1.66 bits per heavy atom. The number of unbranched alkanes of at least 4 members (excludes halogenated alkanes) is 2. The molecule has 0 atom stereocenters. The van der Waals surface area contributed by atoms with Crippen molar-refractivity contribution in [3.05, 3.63) is 59.7 Å². The van der Waals surface area contributed by atoms with Crippen LogP contribution in [0, 0.1) is 0 Å². The van der Waals surface area contributed by atoms with Gasteiger partial charge in [-0.2, -0.15) is 13.2 Å². The summed E-state index contributed by atoms with van der Waals surface area (Å²) >= 11 is 0. The van der Waals surface area contributed by atoms with Crippen molar-refractivity contribution in [1.29, 1.82) is 0 Å². The summed E-state index contributed by atoms with van der Waals surface area (Å²) in [5, 5.41) is 7.10. The summed E-state index contributed by atoms with van der Waals surface area (Å²) in [6.45, 7) is 3.27. The Morgan fingerprint density at radius 1 is 0.966 bits per heavy atom. The molecule has 0 unspecified atom stereocenters. The van der Waals surface area contributed by atoms with Crippen molar-refractivity contribution in [2.75, 3.05) is 23.7 Å². The van der Waals surface area contributed by atoms with E-state index in [9.17, 15) is 22.8 Å². The highest BCUT2D eigenvalue weighted by molar-refractivity contribution is 6.05. The molecule has 0 aliphatic heterocycles. The number of benzene rings is 2. The molecule has 2 amide bonds. The number of carbonyl (C=O) groups is 2. The molecule has 0 bridgehead atoms. The molecule has 0 fully saturated rings. The fourth-order valence-corrected chi connectivity index (χ4v) is 2.70. The number of hydrogen-bond acceptors (Lipinski definition) is 2. The summed E-state index contributed by atoms with van der Waals surface area (Å²) in [5.74, 6) is -0.747. The summed E-state index contributed by atoms with van der Waals surface area (Å²) in [6, 6.07) is 10.7. The minimum absolute atomic E-state index is 0.0425. The minimum Gasteiger partial charge on any atom is -0.338 e. The van der Waals surface area contributed by atoms with Crippen LogP contribution >= 0.6 is 0 Å². The maximum Gasteiger partial charge on any atom is 0.416 e. The summed E-state index contributed by atoms with van der Waals surface area (Å²) in [5.41, 5.74) is -0.117. The number of nitrogens with one attached hydrogen (secondary N) is 2. The smallest absolute Gasteiger partial charge is 0.338 e. The molecule has 0 radical (unpaired) electrons. The second-order valence-electron chi connectivity index (χ2n) is 6.65. The van der Waals surface area contributed by atoms with Crippen molar-refractivity contribution in [2.45, 2.75) is 32.4 Å². The Morgan fingerprint density at radius 3 is 2.34 bits per heavy atom. The van der Waals surface area contributed by atoms with Gasteiger partial charge < -0.3 is 16.0 Å². The maximum atomic E-state index is 12.8. The van der Waals surface area contributed by atoms with Gasteiger partial charge in [0.15, 0.2) is 6.54 Å². The maximum absolute atomic E-state index is 12.8. The lowest BCUT2D eigenvalue weighted by atomic mass is 10.1. The lowest BCUT2D eigenvalue weighted by molar-refractivity contribution is -0.643. The van der Waals surface area contributed by atoms with Crippen molar-refractivity contribution < 1.29 is 28.1 Å². The van der Waals surface area contributed by atoms with Crippen molar-refractivity contribution in [3.8, 4) is 0 Å². The molecule has 156 valence electrons. The highest BCUT2D eigenvalue weighted by Gasteiger charge is 2.30. The zero-order valence-electron chi connectivity index (χ0n) is 16.2. The van der Waals surface area contributed by atoms with Crippen molar-refractivity contribution >= 4 is 23.2 Å². The number of quaternary nitrogens is 1. The predicted molar refractivity (Wildman–Crippen MR) is 106 cm³/mol. The van der Waals surface area contributed by atoms with E-state index >= 15 is 0 Å². The van der Waals surface area contributed by atoms with Crippen LogP contribution in [-0.2, 0) is 11.0 Å². The van der Waals surface area contributed by atoms with Gasteiger partial charge in [-0.15, -0.1) is 0 Å². The van der Waals surface area contributed by atoms with Crippen molar-refractivity contribution in [2.24, 2.45) is 0 Å². The Kier molecular flexibility index (Phi) is 8.21. The van der Waals surface area contributed by atoms with Gasteiger partial charge in [0, 0.05) is 16.9 Å². The third-order valence-corrected chi connectivity index (χ3v) is 4.20. The van der Waals surface area contributed by atoms with Crippen LogP contribution < -0.4 is 16.0 Å². The lowest BCUT2D eigenvalue weighted by Gasteiger charge is -2.11. The van der Waals surface area contributed by atoms with Crippen LogP contribution in [0.2, 0.25) is 0 Å². The quantitative estimate of drug-likeness (QED) is 0.554. The number of hydrogen-bond donors (Lipinski definition) is 3. The van der Waals surface area contributed by atoms with E-state index in [1.54, 1.807) is 12.1 Å². The van der Waals surface area contributed by atoms with Crippen LogP contribution in [-0.4, -0.2) is 24.9 Å². The van der Waals surface area contributed by atoms with E-state index in [4.69, 9.17) is 0 Å². The number of carbonyl (C=O) groups excluding carboxylic acids is 2. The molecule has 0 aliphatic rings. The largest absolute Gasteiger partial charge is 0.416 e. The van der Waals surface area contributed by atoms with E-state index in [2.05, 4.69) is 17.6 Å². The van der Waals surface area contributed by atoms with Gasteiger partial charge in [-0.05, 0) is 49.2 Å². The second-order valence-corrected chi connectivity index (χ2v) is 6.65. The summed E-state index contributed by atoms with van der Waals surface area (Å²) in [7, 11) is 0. The molecule has 0 spiro atoms. The van der Waals surface area contributed by atoms with Crippen LogP contribution in [0.15, 0.2) is 48.5 Å². The zero-order chi connectivity index (χ0) is 21.3. The number of alkyl halides is 3. The van der Waals surface area contributed by atoms with Crippen LogP contribution in [0.25, 0.3) is 0 Å². The monoisotopic (exact) mass is 408 g/mol. The van der Waals surface area contributed by atoms with Crippen LogP contribution in [0.3, 0.4) is 0 Å². The van der Waals surface area contributed by atoms with E-state index in [0.717, 1.165) is 37.9 Å². The molecule has 0 aliphatic carbocycles. The molecule has 2 aromatic carbocycles. The molecule has 5 nitrogen and oxygen atoms in total. The van der Waals surface area contributed by atoms with Gasteiger partial charge >= 0.3 is 6.18 Å². The Hall–Kier alpha value is -2.87. The molecule has 0 saturated carbocycles. The molecule has 29 heavy (non-hydrogen) atoms. The van der Waals surface area contributed by atoms with Gasteiger partial charge in [-0.1, -0.05) is 25.5 Å². The first kappa shape index (κ1) is 22.4. The van der Waals surface area contributed by atoms with Crippen LogP contribution in [0.5, 0.6) is 0 Å². The van der Waals surface area contributed by atoms with Crippen LogP contribution in [0.1, 0.15) is 42.1 Å². The van der Waals surface area contributed by atoms with Crippen molar-refractivity contribution in [1.82, 2.24) is 0 Å². The zero-order valence-corrected chi connectivity index (χ0v) is 16.2. The SMILES string of the molecule is CCCCC[NH2+]CC(=O)Nc1cccc(C(=O)Nc2cccc(C(F)(F)F)c2)c1. The third-order valence-electron chi connectivity index (χ3n) is 4.20. The minimum atomic E-state index is -4.49. The van der Waals surface area contributed by atoms with Gasteiger partial charge in [0.1, 0.15) is 0 Å². The Bertz CT molecular complexity index is 838. The first-order valence-corrected chi connectivity index (χ1v) is 9.50. The molecule has 2 rings (SSSR count). The Labute approximate surface area is 167 Å². The van der Waals surface area contributed by atoms with Crippen LogP contribution in [0.4, 0.5) is 24.5 Å². The summed E-state index contributed by atoms with van der Waals surface area (Å²) < 4.78 is 38.4. The van der Waals surface area contributed by atoms with Gasteiger partial charge in [-0.3, -0.25) is 9.59 Å². The highest BCUT2D eigenvalue weighted by Crippen LogP contribution is 2.30. The topological polar surface area (TPSA) is 74.8 Å². The van der Waals surface area contributed by atoms with E-state index in [-0.39, 0.29) is 23.7 Å². The van der Waals surface area contributed by atoms with Gasteiger partial charge in [0.25, 0.3) is 11.8 Å². The highest BCUT2D eigenvalue weighted by atomic mass is 19.4. The second kappa shape index (κ2) is 10.6. The summed E-state index contributed by atoms with van der Waals surface area (Å²) in [4.78, 5) is 24.4. The number of rotatable bonds is 9. The van der Waals surface area contributed by atoms with E-state index < -0.39 is 17.6 Å². The molecular formula is C21H25F3N3O2+. The lowest BCUT2D eigenvalue weighted by Crippen LogP contribution is -2.86. The molecule has 8 heteroatoms. The third kappa shape index (κ3) is 7.57. The van der Waals surface area contributed by atoms with E-state index in [0.29, 0.717) is 5.69 Å². The van der Waals surface area contributed by atoms with Gasteiger partial charge in [-0.25, -0.2) is 0 Å². The van der Waals surface area contributed by atoms with E-state index in [1.165, 1.54) is 24.3 Å². The Balaban J connectivity index is 1.95. The average molecular weight is 408 g/mol. The fourth-order valence-electron chi connectivity index (χ4n) is 2.70. The summed E-state index contributed by atoms with van der Waals surface area (Å²) in [6.07, 6.45) is -1.19. The molecule has 4 N–H and O–H groups in total. The van der Waals surface area contributed by atoms with Gasteiger partial charge in [0.05, 0.1) is 12.1 Å². The molecule has 2 aromatic rings. The number of anilines is 2. The first-order valence-electron chi connectivity index (χ1n) is 9.50. The number of nitrogens with two attached hydrogens (primary N) is 1. The molecule has 0 saturated heterocycles.